The van der Waals surface area contributed by atoms with Gasteiger partial charge < -0.3 is 9.47 Å². The minimum atomic E-state index is -0.0887. The molecule has 0 saturated carbocycles. The van der Waals surface area contributed by atoms with Crippen molar-refractivity contribution in [3.05, 3.63) is 65.2 Å². The fourth-order valence-electron chi connectivity index (χ4n) is 3.57. The summed E-state index contributed by atoms with van der Waals surface area (Å²) in [5.74, 6) is -0.0887. The van der Waals surface area contributed by atoms with Gasteiger partial charge in [-0.05, 0) is 43.5 Å². The second kappa shape index (κ2) is 6.96. The van der Waals surface area contributed by atoms with Crippen molar-refractivity contribution in [2.45, 2.75) is 25.3 Å². The Labute approximate surface area is 157 Å². The zero-order chi connectivity index (χ0) is 18.1. The largest absolute Gasteiger partial charge is 0.353 e. The number of piperidine rings is 1. The molecule has 3 aromatic rings. The second-order valence-electron chi connectivity index (χ2n) is 6.55. The molecule has 1 aliphatic heterocycles. The first-order valence-electron chi connectivity index (χ1n) is 8.74. The van der Waals surface area contributed by atoms with Crippen LogP contribution in [0.4, 0.5) is 0 Å². The van der Waals surface area contributed by atoms with E-state index in [4.69, 9.17) is 11.6 Å². The molecule has 1 aromatic carbocycles. The van der Waals surface area contributed by atoms with E-state index in [0.29, 0.717) is 16.4 Å². The molecule has 1 unspecified atom stereocenters. The number of benzene rings is 1. The zero-order valence-corrected chi connectivity index (χ0v) is 15.3. The number of hydrogen-bond acceptors (Lipinski definition) is 3. The van der Waals surface area contributed by atoms with Crippen molar-refractivity contribution in [2.75, 3.05) is 6.54 Å². The summed E-state index contributed by atoms with van der Waals surface area (Å²) in [6.45, 7) is 0.730. The molecular weight excluding hydrogens is 350 g/mol. The highest BCUT2D eigenvalue weighted by atomic mass is 35.5. The molecule has 26 heavy (non-hydrogen) atoms. The average molecular weight is 370 g/mol. The minimum Gasteiger partial charge on any atom is -0.353 e. The van der Waals surface area contributed by atoms with E-state index in [1.165, 1.54) is 0 Å². The fraction of sp³-hybridized carbons (Fsp3) is 0.316. The number of aryl methyl sites for hydroxylation is 1. The number of amides is 1. The lowest BCUT2D eigenvalue weighted by molar-refractivity contribution is 0.0596. The first-order chi connectivity index (χ1) is 12.6. The SMILES string of the molecule is Cn1cccc1C1CCCCN1C(=O)c1cn(-c2ccccc2Cl)nn1. The van der Waals surface area contributed by atoms with Crippen LogP contribution in [0.25, 0.3) is 5.69 Å². The van der Waals surface area contributed by atoms with Crippen LogP contribution >= 0.6 is 11.6 Å². The lowest BCUT2D eigenvalue weighted by Gasteiger charge is -2.35. The number of para-hydroxylation sites is 1. The molecule has 2 aromatic heterocycles. The molecule has 3 heterocycles. The predicted molar refractivity (Wildman–Crippen MR) is 99.4 cm³/mol. The van der Waals surface area contributed by atoms with E-state index in [2.05, 4.69) is 20.9 Å². The molecule has 0 spiro atoms. The average Bonchev–Trinajstić information content (AvgIpc) is 3.31. The molecule has 6 nitrogen and oxygen atoms in total. The van der Waals surface area contributed by atoms with Gasteiger partial charge in [-0.25, -0.2) is 4.68 Å². The Morgan fingerprint density at radius 1 is 1.19 bits per heavy atom. The van der Waals surface area contributed by atoms with Crippen LogP contribution in [0.3, 0.4) is 0 Å². The van der Waals surface area contributed by atoms with Crippen molar-refractivity contribution < 1.29 is 4.79 Å². The number of halogens is 1. The topological polar surface area (TPSA) is 56.0 Å². The molecule has 0 bridgehead atoms. The molecule has 1 amide bonds. The van der Waals surface area contributed by atoms with Gasteiger partial charge in [0.1, 0.15) is 0 Å². The highest BCUT2D eigenvalue weighted by molar-refractivity contribution is 6.32. The van der Waals surface area contributed by atoms with Gasteiger partial charge >= 0.3 is 0 Å². The number of carbonyl (C=O) groups excluding carboxylic acids is 1. The highest BCUT2D eigenvalue weighted by Gasteiger charge is 2.31. The smallest absolute Gasteiger partial charge is 0.276 e. The monoisotopic (exact) mass is 369 g/mol. The lowest BCUT2D eigenvalue weighted by atomic mass is 9.99. The Balaban J connectivity index is 1.62. The summed E-state index contributed by atoms with van der Waals surface area (Å²) in [6, 6.07) is 11.5. The molecule has 1 saturated heterocycles. The minimum absolute atomic E-state index is 0.0710. The van der Waals surface area contributed by atoms with Gasteiger partial charge in [-0.2, -0.15) is 0 Å². The third-order valence-corrected chi connectivity index (χ3v) is 5.22. The van der Waals surface area contributed by atoms with E-state index in [-0.39, 0.29) is 11.9 Å². The van der Waals surface area contributed by atoms with E-state index in [9.17, 15) is 4.79 Å². The quantitative estimate of drug-likeness (QED) is 0.708. The Morgan fingerprint density at radius 2 is 2.04 bits per heavy atom. The molecule has 0 N–H and O–H groups in total. The number of carbonyl (C=O) groups is 1. The summed E-state index contributed by atoms with van der Waals surface area (Å²) in [7, 11) is 2.01. The van der Waals surface area contributed by atoms with E-state index >= 15 is 0 Å². The van der Waals surface area contributed by atoms with Crippen LogP contribution in [0.15, 0.2) is 48.8 Å². The van der Waals surface area contributed by atoms with Crippen LogP contribution in [0.2, 0.25) is 5.02 Å². The summed E-state index contributed by atoms with van der Waals surface area (Å²) in [5, 5.41) is 8.77. The Hall–Kier alpha value is -2.60. The first kappa shape index (κ1) is 16.8. The summed E-state index contributed by atoms with van der Waals surface area (Å²) < 4.78 is 3.63. The predicted octanol–water partition coefficient (Wildman–Crippen LogP) is 3.63. The van der Waals surface area contributed by atoms with Crippen molar-refractivity contribution in [3.63, 3.8) is 0 Å². The maximum atomic E-state index is 13.1. The van der Waals surface area contributed by atoms with Crippen LogP contribution < -0.4 is 0 Å². The molecule has 1 fully saturated rings. The maximum Gasteiger partial charge on any atom is 0.276 e. The van der Waals surface area contributed by atoms with Crippen molar-refractivity contribution >= 4 is 17.5 Å². The van der Waals surface area contributed by atoms with Crippen LogP contribution in [0, 0.1) is 0 Å². The third kappa shape index (κ3) is 3.01. The molecule has 1 atom stereocenters. The molecule has 4 rings (SSSR count). The van der Waals surface area contributed by atoms with Gasteiger partial charge in [0.25, 0.3) is 5.91 Å². The van der Waals surface area contributed by atoms with Gasteiger partial charge in [-0.3, -0.25) is 4.79 Å². The van der Waals surface area contributed by atoms with Gasteiger partial charge in [0.15, 0.2) is 5.69 Å². The van der Waals surface area contributed by atoms with E-state index < -0.39 is 0 Å². The number of aromatic nitrogens is 4. The lowest BCUT2D eigenvalue weighted by Crippen LogP contribution is -2.39. The Kier molecular flexibility index (Phi) is 4.51. The van der Waals surface area contributed by atoms with Gasteiger partial charge in [0, 0.05) is 25.5 Å². The summed E-state index contributed by atoms with van der Waals surface area (Å²) in [5.41, 5.74) is 2.20. The van der Waals surface area contributed by atoms with Crippen molar-refractivity contribution in [2.24, 2.45) is 7.05 Å². The fourth-order valence-corrected chi connectivity index (χ4v) is 3.79. The van der Waals surface area contributed by atoms with Gasteiger partial charge in [0.05, 0.1) is 22.9 Å². The molecule has 134 valence electrons. The number of likely N-dealkylation sites (tertiary alicyclic amines) is 1. The van der Waals surface area contributed by atoms with Crippen molar-refractivity contribution in [1.82, 2.24) is 24.5 Å². The number of nitrogens with zero attached hydrogens (tertiary/aromatic N) is 5. The van der Waals surface area contributed by atoms with Crippen LogP contribution in [0.5, 0.6) is 0 Å². The zero-order valence-electron chi connectivity index (χ0n) is 14.5. The number of hydrogen-bond donors (Lipinski definition) is 0. The molecule has 7 heteroatoms. The van der Waals surface area contributed by atoms with Crippen LogP contribution in [0.1, 0.15) is 41.5 Å². The summed E-state index contributed by atoms with van der Waals surface area (Å²) in [4.78, 5) is 15.0. The molecular formula is C19H20ClN5O. The highest BCUT2D eigenvalue weighted by Crippen LogP contribution is 2.32. The van der Waals surface area contributed by atoms with E-state index in [1.54, 1.807) is 16.9 Å². The Morgan fingerprint density at radius 3 is 2.81 bits per heavy atom. The van der Waals surface area contributed by atoms with Gasteiger partial charge in [-0.1, -0.05) is 28.9 Å². The third-order valence-electron chi connectivity index (χ3n) is 4.90. The van der Waals surface area contributed by atoms with Gasteiger partial charge in [-0.15, -0.1) is 5.10 Å². The normalized spacial score (nSPS) is 17.5. The van der Waals surface area contributed by atoms with Crippen LogP contribution in [-0.2, 0) is 7.05 Å². The molecule has 0 radical (unpaired) electrons. The van der Waals surface area contributed by atoms with Gasteiger partial charge in [0.2, 0.25) is 0 Å². The summed E-state index contributed by atoms with van der Waals surface area (Å²) in [6.07, 6.45) is 6.75. The van der Waals surface area contributed by atoms with Crippen molar-refractivity contribution in [3.8, 4) is 5.69 Å². The number of rotatable bonds is 3. The molecule has 0 aliphatic carbocycles. The molecule has 1 aliphatic rings. The van der Waals surface area contributed by atoms with Crippen LogP contribution in [-0.4, -0.2) is 36.9 Å². The first-order valence-corrected chi connectivity index (χ1v) is 9.12. The Bertz CT molecular complexity index is 931. The van der Waals surface area contributed by atoms with E-state index in [0.717, 1.165) is 31.5 Å². The summed E-state index contributed by atoms with van der Waals surface area (Å²) >= 11 is 6.22. The van der Waals surface area contributed by atoms with Crippen molar-refractivity contribution in [1.29, 1.82) is 0 Å². The second-order valence-corrected chi connectivity index (χ2v) is 6.96. The van der Waals surface area contributed by atoms with E-state index in [1.807, 2.05) is 42.4 Å². The maximum absolute atomic E-state index is 13.1. The standard InChI is InChI=1S/C19H20ClN5O/c1-23-11-6-10-17(23)18-9-4-5-12-24(18)19(26)15-13-25(22-21-15)16-8-3-2-7-14(16)20/h2-3,6-8,10-11,13,18H,4-5,9,12H2,1H3.